The van der Waals surface area contributed by atoms with Crippen LogP contribution in [0, 0.1) is 11.3 Å². The van der Waals surface area contributed by atoms with E-state index >= 15 is 0 Å². The Kier molecular flexibility index (Phi) is 8.39. The molecule has 0 saturated heterocycles. The molecular weight excluding hydrogens is 419 g/mol. The van der Waals surface area contributed by atoms with Gasteiger partial charge in [0.25, 0.3) is 0 Å². The fourth-order valence-electron chi connectivity index (χ4n) is 2.06. The lowest BCUT2D eigenvalue weighted by atomic mass is 9.79. The summed E-state index contributed by atoms with van der Waals surface area (Å²) in [6.45, 7) is 8.59. The molecule has 27 heavy (non-hydrogen) atoms. The molecule has 6 nitrogen and oxygen atoms in total. The van der Waals surface area contributed by atoms with Crippen molar-refractivity contribution in [2.45, 2.75) is 40.5 Å². The molecule has 0 spiro atoms. The maximum Gasteiger partial charge on any atom is 0.422 e. The van der Waals surface area contributed by atoms with Crippen LogP contribution in [0.1, 0.15) is 50.9 Å². The molecule has 0 radical (unpaired) electrons. The molecule has 1 aromatic rings. The highest BCUT2D eigenvalue weighted by Gasteiger charge is 2.28. The molecule has 9 heteroatoms. The van der Waals surface area contributed by atoms with Gasteiger partial charge in [-0.25, -0.2) is 14.4 Å². The van der Waals surface area contributed by atoms with Crippen molar-refractivity contribution in [1.82, 2.24) is 0 Å². The summed E-state index contributed by atoms with van der Waals surface area (Å²) in [6, 6.07) is 1.14. The fraction of sp³-hybridized carbons (Fsp3) is 0.500. The Bertz CT molecular complexity index is 740. The first-order valence-corrected chi connectivity index (χ1v) is 9.29. The number of hydrogen-bond donors (Lipinski definition) is 1. The van der Waals surface area contributed by atoms with E-state index in [9.17, 15) is 14.4 Å². The summed E-state index contributed by atoms with van der Waals surface area (Å²) in [6.07, 6.45) is 1.45. The second-order valence-electron chi connectivity index (χ2n) is 7.10. The maximum atomic E-state index is 12.4. The zero-order valence-electron chi connectivity index (χ0n) is 15.4. The second kappa shape index (κ2) is 9.62. The molecule has 0 aliphatic rings. The molecule has 0 saturated carbocycles. The summed E-state index contributed by atoms with van der Waals surface area (Å²) in [5.41, 5.74) is -0.265. The van der Waals surface area contributed by atoms with Crippen molar-refractivity contribution >= 4 is 52.7 Å². The molecule has 0 aromatic heterocycles. The highest BCUT2D eigenvalue weighted by atomic mass is 35.5. The number of rotatable bonds is 6. The number of carbonyl (C=O) groups is 3. The van der Waals surface area contributed by atoms with Gasteiger partial charge in [-0.3, -0.25) is 0 Å². The summed E-state index contributed by atoms with van der Waals surface area (Å²) in [4.78, 5) is 34.5. The number of hydrogen-bond acceptors (Lipinski definition) is 5. The second-order valence-corrected chi connectivity index (χ2v) is 8.29. The van der Waals surface area contributed by atoms with Crippen LogP contribution in [0.3, 0.4) is 0 Å². The van der Waals surface area contributed by atoms with Crippen LogP contribution >= 0.6 is 34.8 Å². The molecule has 1 aromatic carbocycles. The predicted molar refractivity (Wildman–Crippen MR) is 103 cm³/mol. The fourth-order valence-corrected chi connectivity index (χ4v) is 2.78. The minimum atomic E-state index is -1.85. The Labute approximate surface area is 172 Å². The molecule has 1 rings (SSSR count). The standard InChI is InChI=1S/C18H21Cl3O6/c1-9(18(2,3)4)6-5-7-26-16(24)12-13(21)10(19)8-11(20)14(12)27-17(25)15(22)23/h8-9H,5-7H2,1-4H3,(H,22,23). The monoisotopic (exact) mass is 438 g/mol. The van der Waals surface area contributed by atoms with E-state index in [2.05, 4.69) is 32.4 Å². The molecule has 1 atom stereocenters. The Morgan fingerprint density at radius 3 is 2.26 bits per heavy atom. The van der Waals surface area contributed by atoms with Gasteiger partial charge in [0.1, 0.15) is 5.56 Å². The highest BCUT2D eigenvalue weighted by molar-refractivity contribution is 6.46. The van der Waals surface area contributed by atoms with Crippen LogP contribution in [-0.4, -0.2) is 29.6 Å². The van der Waals surface area contributed by atoms with Crippen molar-refractivity contribution < 1.29 is 29.0 Å². The number of carboxylic acid groups (broad SMARTS) is 1. The van der Waals surface area contributed by atoms with E-state index < -0.39 is 29.2 Å². The van der Waals surface area contributed by atoms with Crippen molar-refractivity contribution in [3.05, 3.63) is 26.7 Å². The van der Waals surface area contributed by atoms with Gasteiger partial charge in [0.2, 0.25) is 0 Å². The Balaban J connectivity index is 2.95. The molecule has 0 amide bonds. The Morgan fingerprint density at radius 2 is 1.74 bits per heavy atom. The lowest BCUT2D eigenvalue weighted by molar-refractivity contribution is -0.158. The van der Waals surface area contributed by atoms with E-state index in [1.165, 1.54) is 0 Å². The highest BCUT2D eigenvalue weighted by Crippen LogP contribution is 2.40. The van der Waals surface area contributed by atoms with E-state index in [0.29, 0.717) is 12.3 Å². The molecular formula is C18H21Cl3O6. The largest absolute Gasteiger partial charge is 0.473 e. The summed E-state index contributed by atoms with van der Waals surface area (Å²) in [5, 5.41) is 8.13. The number of aliphatic carboxylic acids is 1. The number of esters is 2. The summed E-state index contributed by atoms with van der Waals surface area (Å²) >= 11 is 17.9. The van der Waals surface area contributed by atoms with Crippen molar-refractivity contribution in [2.24, 2.45) is 11.3 Å². The van der Waals surface area contributed by atoms with Crippen LogP contribution in [0.5, 0.6) is 5.75 Å². The predicted octanol–water partition coefficient (Wildman–Crippen LogP) is 5.26. The van der Waals surface area contributed by atoms with Gasteiger partial charge in [-0.1, -0.05) is 62.5 Å². The van der Waals surface area contributed by atoms with Crippen LogP contribution in [-0.2, 0) is 14.3 Å². The van der Waals surface area contributed by atoms with E-state index in [1.54, 1.807) is 0 Å². The molecule has 150 valence electrons. The number of benzene rings is 1. The minimum Gasteiger partial charge on any atom is -0.473 e. The third kappa shape index (κ3) is 6.55. The van der Waals surface area contributed by atoms with Gasteiger partial charge in [-0.15, -0.1) is 0 Å². The van der Waals surface area contributed by atoms with Gasteiger partial charge in [-0.2, -0.15) is 0 Å². The van der Waals surface area contributed by atoms with Crippen molar-refractivity contribution in [1.29, 1.82) is 0 Å². The van der Waals surface area contributed by atoms with Gasteiger partial charge in [0.05, 0.1) is 21.7 Å². The maximum absolute atomic E-state index is 12.4. The van der Waals surface area contributed by atoms with E-state index in [1.807, 2.05) is 0 Å². The van der Waals surface area contributed by atoms with Crippen LogP contribution in [0.4, 0.5) is 0 Å². The quantitative estimate of drug-likeness (QED) is 0.214. The first-order chi connectivity index (χ1) is 12.4. The SMILES string of the molecule is CC(CCCOC(=O)c1c(Cl)c(Cl)cc(Cl)c1OC(=O)C(=O)O)C(C)(C)C. The van der Waals surface area contributed by atoms with Gasteiger partial charge in [0.15, 0.2) is 5.75 Å². The minimum absolute atomic E-state index is 0.0647. The molecule has 0 aliphatic carbocycles. The molecule has 0 aliphatic heterocycles. The van der Waals surface area contributed by atoms with Crippen LogP contribution < -0.4 is 4.74 Å². The van der Waals surface area contributed by atoms with E-state index in [-0.39, 0.29) is 27.1 Å². The lowest BCUT2D eigenvalue weighted by Gasteiger charge is -2.27. The number of halogens is 3. The third-order valence-electron chi connectivity index (χ3n) is 4.19. The lowest BCUT2D eigenvalue weighted by Crippen LogP contribution is -2.21. The smallest absolute Gasteiger partial charge is 0.422 e. The number of carbonyl (C=O) groups excluding carboxylic acids is 2. The number of ether oxygens (including phenoxy) is 2. The van der Waals surface area contributed by atoms with Crippen LogP contribution in [0.15, 0.2) is 6.07 Å². The number of carboxylic acids is 1. The average Bonchev–Trinajstić information content (AvgIpc) is 2.55. The third-order valence-corrected chi connectivity index (χ3v) is 5.26. The van der Waals surface area contributed by atoms with Crippen molar-refractivity contribution in [2.75, 3.05) is 6.61 Å². The van der Waals surface area contributed by atoms with Crippen molar-refractivity contribution in [3.8, 4) is 5.75 Å². The summed E-state index contributed by atoms with van der Waals surface area (Å²) in [7, 11) is 0. The summed E-state index contributed by atoms with van der Waals surface area (Å²) < 4.78 is 9.85. The van der Waals surface area contributed by atoms with Gasteiger partial charge in [-0.05, 0) is 30.2 Å². The first kappa shape index (κ1) is 23.5. The van der Waals surface area contributed by atoms with E-state index in [4.69, 9.17) is 44.6 Å². The van der Waals surface area contributed by atoms with Gasteiger partial charge in [0, 0.05) is 0 Å². The summed E-state index contributed by atoms with van der Waals surface area (Å²) in [5.74, 6) is -4.49. The van der Waals surface area contributed by atoms with Gasteiger partial charge >= 0.3 is 17.9 Å². The Hall–Kier alpha value is -1.50. The van der Waals surface area contributed by atoms with Crippen molar-refractivity contribution in [3.63, 3.8) is 0 Å². The zero-order valence-corrected chi connectivity index (χ0v) is 17.7. The van der Waals surface area contributed by atoms with E-state index in [0.717, 1.165) is 12.5 Å². The Morgan fingerprint density at radius 1 is 1.15 bits per heavy atom. The molecule has 0 heterocycles. The molecule has 1 unspecified atom stereocenters. The molecule has 0 fully saturated rings. The van der Waals surface area contributed by atoms with Gasteiger partial charge < -0.3 is 14.6 Å². The zero-order chi connectivity index (χ0) is 20.9. The first-order valence-electron chi connectivity index (χ1n) is 8.16. The van der Waals surface area contributed by atoms with Crippen LogP contribution in [0.2, 0.25) is 15.1 Å². The normalized spacial score (nSPS) is 12.4. The topological polar surface area (TPSA) is 89.9 Å². The molecule has 0 bridgehead atoms. The van der Waals surface area contributed by atoms with Crippen LogP contribution in [0.25, 0.3) is 0 Å². The average molecular weight is 440 g/mol. The molecule has 1 N–H and O–H groups in total.